The fourth-order valence-electron chi connectivity index (χ4n) is 2.07. The highest BCUT2D eigenvalue weighted by Gasteiger charge is 2.26. The van der Waals surface area contributed by atoms with Gasteiger partial charge in [-0.25, -0.2) is 18.6 Å². The van der Waals surface area contributed by atoms with E-state index >= 15 is 0 Å². The Morgan fingerprint density at radius 3 is 2.50 bits per heavy atom. The Kier molecular flexibility index (Phi) is 4.31. The van der Waals surface area contributed by atoms with E-state index in [2.05, 4.69) is 4.99 Å². The second-order valence-electron chi connectivity index (χ2n) is 4.86. The van der Waals surface area contributed by atoms with E-state index < -0.39 is 17.6 Å². The fourth-order valence-corrected chi connectivity index (χ4v) is 2.30. The quantitative estimate of drug-likeness (QED) is 0.478. The van der Waals surface area contributed by atoms with Crippen molar-refractivity contribution in [3.63, 3.8) is 0 Å². The number of carbonyl (C=O) groups excluding carboxylic acids is 1. The van der Waals surface area contributed by atoms with Crippen molar-refractivity contribution in [2.24, 2.45) is 4.99 Å². The average molecular weight is 350 g/mol. The van der Waals surface area contributed by atoms with Crippen LogP contribution < -0.4 is 4.74 Å². The number of rotatable bonds is 3. The van der Waals surface area contributed by atoms with Crippen molar-refractivity contribution >= 4 is 29.5 Å². The number of ether oxygens (including phenoxy) is 2. The van der Waals surface area contributed by atoms with Gasteiger partial charge in [0.1, 0.15) is 5.75 Å². The first kappa shape index (κ1) is 16.1. The van der Waals surface area contributed by atoms with Gasteiger partial charge in [0.2, 0.25) is 5.90 Å². The van der Waals surface area contributed by atoms with Crippen LogP contribution in [0.25, 0.3) is 6.08 Å². The van der Waals surface area contributed by atoms with E-state index in [4.69, 9.17) is 21.1 Å². The molecule has 0 unspecified atom stereocenters. The monoisotopic (exact) mass is 349 g/mol. The summed E-state index contributed by atoms with van der Waals surface area (Å²) in [5, 5.41) is -0.105. The standard InChI is InChI=1S/C17H10ClF2NO3/c1-23-10-4-2-9(3-5-10)6-15-17(22)24-16(21-15)11-7-13(19)14(20)8-12(11)18/h2-8H,1H3/b15-6+. The Morgan fingerprint density at radius 1 is 1.17 bits per heavy atom. The van der Waals surface area contributed by atoms with Gasteiger partial charge in [-0.1, -0.05) is 23.7 Å². The van der Waals surface area contributed by atoms with Gasteiger partial charge in [0.05, 0.1) is 17.7 Å². The molecule has 0 fully saturated rings. The van der Waals surface area contributed by atoms with E-state index in [0.717, 1.165) is 12.1 Å². The van der Waals surface area contributed by atoms with E-state index in [1.54, 1.807) is 31.4 Å². The maximum Gasteiger partial charge on any atom is 0.363 e. The number of carbonyl (C=O) groups is 1. The van der Waals surface area contributed by atoms with Crippen molar-refractivity contribution < 1.29 is 23.0 Å². The molecule has 0 N–H and O–H groups in total. The van der Waals surface area contributed by atoms with Crippen LogP contribution in [0.3, 0.4) is 0 Å². The molecule has 24 heavy (non-hydrogen) atoms. The highest BCUT2D eigenvalue weighted by atomic mass is 35.5. The fraction of sp³-hybridized carbons (Fsp3) is 0.0588. The lowest BCUT2D eigenvalue weighted by Crippen LogP contribution is -2.07. The van der Waals surface area contributed by atoms with Crippen LogP contribution in [-0.2, 0) is 9.53 Å². The number of halogens is 3. The summed E-state index contributed by atoms with van der Waals surface area (Å²) in [6.45, 7) is 0. The van der Waals surface area contributed by atoms with Gasteiger partial charge in [0, 0.05) is 0 Å². The molecule has 0 saturated carbocycles. The minimum atomic E-state index is -1.11. The summed E-state index contributed by atoms with van der Waals surface area (Å²) in [6.07, 6.45) is 1.50. The second kappa shape index (κ2) is 6.41. The molecule has 0 spiro atoms. The zero-order valence-electron chi connectivity index (χ0n) is 12.3. The van der Waals surface area contributed by atoms with E-state index in [1.807, 2.05) is 0 Å². The largest absolute Gasteiger partial charge is 0.497 e. The number of nitrogens with zero attached hydrogens (tertiary/aromatic N) is 1. The first-order chi connectivity index (χ1) is 11.5. The molecular formula is C17H10ClF2NO3. The van der Waals surface area contributed by atoms with Crippen LogP contribution in [0.2, 0.25) is 5.02 Å². The minimum absolute atomic E-state index is 0.00190. The molecule has 2 aromatic carbocycles. The summed E-state index contributed by atoms with van der Waals surface area (Å²) in [6, 6.07) is 8.55. The molecule has 0 saturated heterocycles. The van der Waals surface area contributed by atoms with Gasteiger partial charge in [-0.3, -0.25) is 0 Å². The zero-order valence-corrected chi connectivity index (χ0v) is 13.1. The van der Waals surface area contributed by atoms with Crippen LogP contribution in [0.4, 0.5) is 8.78 Å². The molecule has 0 bridgehead atoms. The first-order valence-electron chi connectivity index (χ1n) is 6.79. The van der Waals surface area contributed by atoms with Crippen molar-refractivity contribution in [2.75, 3.05) is 7.11 Å². The number of hydrogen-bond donors (Lipinski definition) is 0. The van der Waals surface area contributed by atoms with Crippen LogP contribution in [0.1, 0.15) is 11.1 Å². The molecule has 1 heterocycles. The molecule has 1 aliphatic rings. The number of aliphatic imine (C=N–C) groups is 1. The average Bonchev–Trinajstić information content (AvgIpc) is 2.92. The van der Waals surface area contributed by atoms with Crippen LogP contribution in [0, 0.1) is 11.6 Å². The van der Waals surface area contributed by atoms with Crippen molar-refractivity contribution in [1.29, 1.82) is 0 Å². The Bertz CT molecular complexity index is 876. The molecule has 3 rings (SSSR count). The highest BCUT2D eigenvalue weighted by Crippen LogP contribution is 2.26. The van der Waals surface area contributed by atoms with E-state index in [-0.39, 0.29) is 22.2 Å². The summed E-state index contributed by atoms with van der Waals surface area (Å²) < 4.78 is 36.5. The summed E-state index contributed by atoms with van der Waals surface area (Å²) in [4.78, 5) is 15.9. The normalized spacial score (nSPS) is 15.4. The number of hydrogen-bond acceptors (Lipinski definition) is 4. The van der Waals surface area contributed by atoms with Gasteiger partial charge in [-0.15, -0.1) is 0 Å². The lowest BCUT2D eigenvalue weighted by atomic mass is 10.2. The lowest BCUT2D eigenvalue weighted by molar-refractivity contribution is -0.129. The molecule has 0 amide bonds. The Balaban J connectivity index is 1.95. The zero-order chi connectivity index (χ0) is 17.3. The van der Waals surface area contributed by atoms with E-state index in [9.17, 15) is 13.6 Å². The van der Waals surface area contributed by atoms with Crippen molar-refractivity contribution in [1.82, 2.24) is 0 Å². The lowest BCUT2D eigenvalue weighted by Gasteiger charge is -2.03. The molecule has 0 radical (unpaired) electrons. The Labute approximate surface area is 141 Å². The third-order valence-electron chi connectivity index (χ3n) is 3.28. The van der Waals surface area contributed by atoms with Gasteiger partial charge in [0.25, 0.3) is 0 Å². The Morgan fingerprint density at radius 2 is 1.83 bits per heavy atom. The van der Waals surface area contributed by atoms with Crippen LogP contribution in [0.15, 0.2) is 47.1 Å². The summed E-state index contributed by atoms with van der Waals surface area (Å²) >= 11 is 5.86. The van der Waals surface area contributed by atoms with E-state index in [1.165, 1.54) is 6.08 Å². The molecule has 0 atom stereocenters. The molecule has 0 aliphatic carbocycles. The molecule has 2 aromatic rings. The number of methoxy groups -OCH3 is 1. The summed E-state index contributed by atoms with van der Waals surface area (Å²) in [5.74, 6) is -2.42. The molecule has 4 nitrogen and oxygen atoms in total. The Hall–Kier alpha value is -2.73. The predicted octanol–water partition coefficient (Wildman–Crippen LogP) is 3.97. The molecule has 0 aromatic heterocycles. The van der Waals surface area contributed by atoms with E-state index in [0.29, 0.717) is 11.3 Å². The highest BCUT2D eigenvalue weighted by molar-refractivity contribution is 6.34. The number of benzene rings is 2. The van der Waals surface area contributed by atoms with Gasteiger partial charge in [-0.2, -0.15) is 0 Å². The first-order valence-corrected chi connectivity index (χ1v) is 7.17. The molecule has 122 valence electrons. The minimum Gasteiger partial charge on any atom is -0.497 e. The van der Waals surface area contributed by atoms with Crippen molar-refractivity contribution in [3.8, 4) is 5.75 Å². The molecule has 7 heteroatoms. The maximum absolute atomic E-state index is 13.4. The number of esters is 1. The smallest absolute Gasteiger partial charge is 0.363 e. The van der Waals surface area contributed by atoms with Crippen LogP contribution >= 0.6 is 11.6 Å². The topological polar surface area (TPSA) is 47.9 Å². The van der Waals surface area contributed by atoms with Gasteiger partial charge >= 0.3 is 5.97 Å². The molecule has 1 aliphatic heterocycles. The van der Waals surface area contributed by atoms with Crippen molar-refractivity contribution in [3.05, 3.63) is 69.9 Å². The van der Waals surface area contributed by atoms with Crippen molar-refractivity contribution in [2.45, 2.75) is 0 Å². The maximum atomic E-state index is 13.4. The summed E-state index contributed by atoms with van der Waals surface area (Å²) in [7, 11) is 1.55. The van der Waals surface area contributed by atoms with Gasteiger partial charge in [-0.05, 0) is 35.9 Å². The van der Waals surface area contributed by atoms with Gasteiger partial charge < -0.3 is 9.47 Å². The SMILES string of the molecule is COc1ccc(/C=C2/N=C(c3cc(F)c(F)cc3Cl)OC2=O)cc1. The predicted molar refractivity (Wildman–Crippen MR) is 85.0 cm³/mol. The summed E-state index contributed by atoms with van der Waals surface area (Å²) in [5.41, 5.74) is 0.724. The van der Waals surface area contributed by atoms with Crippen LogP contribution in [0.5, 0.6) is 5.75 Å². The van der Waals surface area contributed by atoms with Gasteiger partial charge in [0.15, 0.2) is 17.3 Å². The van der Waals surface area contributed by atoms with Crippen LogP contribution in [-0.4, -0.2) is 19.0 Å². The number of cyclic esters (lactones) is 1. The molecular weight excluding hydrogens is 340 g/mol. The third kappa shape index (κ3) is 3.14. The third-order valence-corrected chi connectivity index (χ3v) is 3.59. The second-order valence-corrected chi connectivity index (χ2v) is 5.26.